The molecule has 0 aliphatic carbocycles. The highest BCUT2D eigenvalue weighted by Gasteiger charge is 2.21. The summed E-state index contributed by atoms with van der Waals surface area (Å²) in [5.41, 5.74) is -0.0197. The van der Waals surface area contributed by atoms with Gasteiger partial charge in [0.2, 0.25) is 5.88 Å². The average molecular weight is 566 g/mol. The number of hydrogen-bond donors (Lipinski definition) is 3. The van der Waals surface area contributed by atoms with Crippen LogP contribution < -0.4 is 10.3 Å². The molecule has 2 aromatic carbocycles. The van der Waals surface area contributed by atoms with Gasteiger partial charge in [0.15, 0.2) is 5.69 Å². The van der Waals surface area contributed by atoms with E-state index in [9.17, 15) is 28.4 Å². The van der Waals surface area contributed by atoms with E-state index in [1.54, 1.807) is 0 Å². The van der Waals surface area contributed by atoms with Gasteiger partial charge in [0.25, 0.3) is 15.6 Å². The minimum absolute atomic E-state index is 0.0249. The number of rotatable bonds is 12. The first-order valence-electron chi connectivity index (χ1n) is 12.8. The lowest BCUT2D eigenvalue weighted by Gasteiger charge is -2.19. The Bertz CT molecular complexity index is 1610. The van der Waals surface area contributed by atoms with Crippen molar-refractivity contribution in [1.82, 2.24) is 4.57 Å². The number of azo groups is 1. The minimum atomic E-state index is -3.97. The van der Waals surface area contributed by atoms with Crippen molar-refractivity contribution >= 4 is 33.1 Å². The summed E-state index contributed by atoms with van der Waals surface area (Å²) in [5, 5.41) is 37.4. The van der Waals surface area contributed by atoms with Crippen LogP contribution in [-0.2, 0) is 16.6 Å². The van der Waals surface area contributed by atoms with Gasteiger partial charge in [-0.2, -0.15) is 10.4 Å². The van der Waals surface area contributed by atoms with Crippen molar-refractivity contribution in [1.29, 1.82) is 5.26 Å². The maximum atomic E-state index is 13.3. The highest BCUT2D eigenvalue weighted by molar-refractivity contribution is 7.92. The Morgan fingerprint density at radius 1 is 1.10 bits per heavy atom. The van der Waals surface area contributed by atoms with Crippen LogP contribution in [0.15, 0.2) is 68.4 Å². The number of nitrogens with one attached hydrogen (secondary N) is 1. The zero-order chi connectivity index (χ0) is 29.4. The monoisotopic (exact) mass is 565 g/mol. The Hall–Kier alpha value is -4.50. The first-order chi connectivity index (χ1) is 19.0. The number of carbonyl (C=O) groups is 1. The molecule has 0 spiro atoms. The van der Waals surface area contributed by atoms with E-state index in [-0.39, 0.29) is 51.1 Å². The van der Waals surface area contributed by atoms with Crippen molar-refractivity contribution < 1.29 is 23.4 Å². The molecule has 40 heavy (non-hydrogen) atoms. The molecule has 12 heteroatoms. The van der Waals surface area contributed by atoms with Crippen molar-refractivity contribution in [3.8, 4) is 11.9 Å². The first-order valence-corrected chi connectivity index (χ1v) is 14.2. The Morgan fingerprint density at radius 3 is 2.30 bits per heavy atom. The van der Waals surface area contributed by atoms with Gasteiger partial charge < -0.3 is 10.2 Å². The fourth-order valence-electron chi connectivity index (χ4n) is 4.10. The van der Waals surface area contributed by atoms with Crippen LogP contribution >= 0.6 is 0 Å². The van der Waals surface area contributed by atoms with Crippen molar-refractivity contribution in [2.24, 2.45) is 16.1 Å². The van der Waals surface area contributed by atoms with Crippen LogP contribution in [-0.4, -0.2) is 29.2 Å². The predicted molar refractivity (Wildman–Crippen MR) is 150 cm³/mol. The number of aromatic hydroxyl groups is 1. The van der Waals surface area contributed by atoms with Crippen LogP contribution in [0.25, 0.3) is 0 Å². The van der Waals surface area contributed by atoms with Crippen molar-refractivity contribution in [2.75, 3.05) is 4.72 Å². The van der Waals surface area contributed by atoms with E-state index in [4.69, 9.17) is 5.11 Å². The molecular weight excluding hydrogens is 534 g/mol. The van der Waals surface area contributed by atoms with Gasteiger partial charge in [-0.25, -0.2) is 13.2 Å². The lowest BCUT2D eigenvalue weighted by atomic mass is 9.99. The van der Waals surface area contributed by atoms with E-state index in [1.807, 2.05) is 13.0 Å². The molecule has 0 radical (unpaired) electrons. The summed E-state index contributed by atoms with van der Waals surface area (Å²) >= 11 is 0. The highest BCUT2D eigenvalue weighted by Crippen LogP contribution is 2.29. The standard InChI is InChI=1S/C28H31N5O6S/c1-4-6-7-19(5-2)17-33-26(34)24(16-29)18(3)25(27(33)35)31-30-21-12-14-23(15-13-21)40(38,39)32-22-10-8-20(9-11-22)28(36)37/h8-15,19,32,34H,4-7,17H2,1-3H3,(H,36,37). The number of pyridine rings is 1. The number of carboxylic acids is 1. The lowest BCUT2D eigenvalue weighted by Crippen LogP contribution is -2.25. The SMILES string of the molecule is CCCCC(CC)Cn1c(O)c(C#N)c(C)c(N=Nc2ccc(S(=O)(=O)Nc3ccc(C(=O)O)cc3)cc2)c1=O. The Kier molecular flexibility index (Phi) is 9.79. The van der Waals surface area contributed by atoms with Gasteiger partial charge >= 0.3 is 5.97 Å². The minimum Gasteiger partial charge on any atom is -0.493 e. The fraction of sp³-hybridized carbons (Fsp3) is 0.321. The average Bonchev–Trinajstić information content (AvgIpc) is 2.93. The molecule has 1 atom stereocenters. The van der Waals surface area contributed by atoms with Gasteiger partial charge in [-0.05, 0) is 67.8 Å². The van der Waals surface area contributed by atoms with Crippen molar-refractivity contribution in [2.45, 2.75) is 57.9 Å². The normalized spacial score (nSPS) is 12.2. The number of sulfonamides is 1. The van der Waals surface area contributed by atoms with Crippen LogP contribution in [0.5, 0.6) is 5.88 Å². The molecule has 0 fully saturated rings. The molecule has 3 rings (SSSR count). The third-order valence-electron chi connectivity index (χ3n) is 6.55. The van der Waals surface area contributed by atoms with E-state index in [2.05, 4.69) is 21.9 Å². The molecule has 210 valence electrons. The van der Waals surface area contributed by atoms with Crippen molar-refractivity contribution in [3.63, 3.8) is 0 Å². The number of benzene rings is 2. The Labute approximate surface area is 232 Å². The van der Waals surface area contributed by atoms with Crippen LogP contribution in [0.3, 0.4) is 0 Å². The summed E-state index contributed by atoms with van der Waals surface area (Å²) in [6, 6.07) is 12.6. The number of nitriles is 1. The smallest absolute Gasteiger partial charge is 0.335 e. The van der Waals surface area contributed by atoms with Gasteiger partial charge in [-0.15, -0.1) is 5.11 Å². The van der Waals surface area contributed by atoms with Gasteiger partial charge in [0, 0.05) is 17.8 Å². The van der Waals surface area contributed by atoms with E-state index in [0.29, 0.717) is 0 Å². The summed E-state index contributed by atoms with van der Waals surface area (Å²) in [6.45, 7) is 5.85. The van der Waals surface area contributed by atoms with Gasteiger partial charge in [0.1, 0.15) is 11.6 Å². The zero-order valence-electron chi connectivity index (χ0n) is 22.5. The summed E-state index contributed by atoms with van der Waals surface area (Å²) in [5.74, 6) is -1.37. The molecule has 0 saturated carbocycles. The van der Waals surface area contributed by atoms with E-state index in [1.165, 1.54) is 60.0 Å². The third-order valence-corrected chi connectivity index (χ3v) is 7.95. The quantitative estimate of drug-likeness (QED) is 0.230. The highest BCUT2D eigenvalue weighted by atomic mass is 32.2. The van der Waals surface area contributed by atoms with Crippen LogP contribution in [0.1, 0.15) is 61.0 Å². The first kappa shape index (κ1) is 30.0. The fourth-order valence-corrected chi connectivity index (χ4v) is 5.16. The van der Waals surface area contributed by atoms with Gasteiger partial charge in [0.05, 0.1) is 16.1 Å². The molecule has 1 heterocycles. The number of carboxylic acid groups (broad SMARTS) is 1. The van der Waals surface area contributed by atoms with E-state index in [0.717, 1.165) is 25.7 Å². The number of anilines is 1. The number of nitrogens with zero attached hydrogens (tertiary/aromatic N) is 4. The molecular formula is C28H31N5O6S. The second-order valence-electron chi connectivity index (χ2n) is 9.30. The lowest BCUT2D eigenvalue weighted by molar-refractivity contribution is 0.0697. The zero-order valence-corrected chi connectivity index (χ0v) is 23.3. The molecule has 0 amide bonds. The van der Waals surface area contributed by atoms with Crippen molar-refractivity contribution in [3.05, 3.63) is 75.6 Å². The number of aromatic nitrogens is 1. The second kappa shape index (κ2) is 13.0. The Balaban J connectivity index is 1.87. The molecule has 11 nitrogen and oxygen atoms in total. The summed E-state index contributed by atoms with van der Waals surface area (Å²) in [7, 11) is -3.97. The molecule has 3 N–H and O–H groups in total. The van der Waals surface area contributed by atoms with Crippen LogP contribution in [0.4, 0.5) is 17.1 Å². The maximum Gasteiger partial charge on any atom is 0.335 e. The van der Waals surface area contributed by atoms with E-state index < -0.39 is 27.4 Å². The molecule has 0 aliphatic rings. The Morgan fingerprint density at radius 2 is 1.75 bits per heavy atom. The third kappa shape index (κ3) is 6.92. The van der Waals surface area contributed by atoms with Crippen LogP contribution in [0.2, 0.25) is 0 Å². The number of unbranched alkanes of at least 4 members (excludes halogenated alkanes) is 1. The number of hydrogen-bond acceptors (Lipinski definition) is 8. The molecule has 3 aromatic rings. The number of aromatic carboxylic acids is 1. The summed E-state index contributed by atoms with van der Waals surface area (Å²) < 4.78 is 29.0. The van der Waals surface area contributed by atoms with Gasteiger partial charge in [-0.3, -0.25) is 14.1 Å². The summed E-state index contributed by atoms with van der Waals surface area (Å²) in [4.78, 5) is 24.2. The summed E-state index contributed by atoms with van der Waals surface area (Å²) in [6.07, 6.45) is 3.67. The molecule has 1 unspecified atom stereocenters. The molecule has 1 aromatic heterocycles. The maximum absolute atomic E-state index is 13.3. The van der Waals surface area contributed by atoms with Gasteiger partial charge in [-0.1, -0.05) is 33.1 Å². The largest absolute Gasteiger partial charge is 0.493 e. The molecule has 0 aliphatic heterocycles. The second-order valence-corrected chi connectivity index (χ2v) is 11.0. The van der Waals surface area contributed by atoms with Crippen LogP contribution in [0, 0.1) is 24.2 Å². The topological polar surface area (TPSA) is 174 Å². The molecule has 0 bridgehead atoms. The molecule has 0 saturated heterocycles. The predicted octanol–water partition coefficient (Wildman–Crippen LogP) is 5.86. The van der Waals surface area contributed by atoms with E-state index >= 15 is 0 Å².